The van der Waals surface area contributed by atoms with Crippen LogP contribution in [0.3, 0.4) is 0 Å². The summed E-state index contributed by atoms with van der Waals surface area (Å²) < 4.78 is 21.4. The lowest BCUT2D eigenvalue weighted by Gasteiger charge is -2.11. The van der Waals surface area contributed by atoms with Gasteiger partial charge in [-0.25, -0.2) is 4.79 Å². The van der Waals surface area contributed by atoms with E-state index < -0.39 is 5.63 Å². The van der Waals surface area contributed by atoms with E-state index in [-0.39, 0.29) is 12.3 Å². The van der Waals surface area contributed by atoms with Crippen LogP contribution >= 0.6 is 0 Å². The van der Waals surface area contributed by atoms with Gasteiger partial charge in [-0.15, -0.1) is 0 Å². The number of hydrogen-bond acceptors (Lipinski definition) is 6. The van der Waals surface area contributed by atoms with Crippen molar-refractivity contribution in [2.45, 2.75) is 20.3 Å². The average Bonchev–Trinajstić information content (AvgIpc) is 3.09. The van der Waals surface area contributed by atoms with Gasteiger partial charge < -0.3 is 23.6 Å². The molecule has 30 heavy (non-hydrogen) atoms. The number of anilines is 1. The van der Waals surface area contributed by atoms with Gasteiger partial charge in [0.05, 0.1) is 32.5 Å². The quantitative estimate of drug-likeness (QED) is 0.495. The van der Waals surface area contributed by atoms with Crippen molar-refractivity contribution in [3.8, 4) is 11.5 Å². The molecule has 0 unspecified atom stereocenters. The van der Waals surface area contributed by atoms with E-state index >= 15 is 0 Å². The lowest BCUT2D eigenvalue weighted by atomic mass is 10.0. The maximum absolute atomic E-state index is 12.7. The summed E-state index contributed by atoms with van der Waals surface area (Å²) in [4.78, 5) is 25.2. The molecule has 0 bridgehead atoms. The predicted molar refractivity (Wildman–Crippen MR) is 114 cm³/mol. The summed E-state index contributed by atoms with van der Waals surface area (Å²) in [6.07, 6.45) is 1.54. The van der Waals surface area contributed by atoms with E-state index in [1.165, 1.54) is 14.2 Å². The molecule has 2 aromatic carbocycles. The van der Waals surface area contributed by atoms with Crippen molar-refractivity contribution in [3.05, 3.63) is 63.7 Å². The number of rotatable bonds is 5. The zero-order valence-electron chi connectivity index (χ0n) is 17.1. The van der Waals surface area contributed by atoms with Crippen LogP contribution in [0.1, 0.15) is 16.7 Å². The molecular weight excluding hydrogens is 386 g/mol. The molecule has 154 valence electrons. The molecule has 0 saturated carbocycles. The molecule has 0 fully saturated rings. The molecule has 4 aromatic rings. The lowest BCUT2D eigenvalue weighted by molar-refractivity contribution is -0.115. The number of carbonyl (C=O) groups excluding carboxylic acids is 1. The van der Waals surface area contributed by atoms with Crippen molar-refractivity contribution in [1.82, 2.24) is 0 Å². The van der Waals surface area contributed by atoms with Gasteiger partial charge in [0.1, 0.15) is 22.7 Å². The average molecular weight is 407 g/mol. The zero-order valence-corrected chi connectivity index (χ0v) is 17.1. The van der Waals surface area contributed by atoms with Gasteiger partial charge in [0.25, 0.3) is 0 Å². The highest BCUT2D eigenvalue weighted by molar-refractivity contribution is 5.97. The molecule has 0 aliphatic heterocycles. The molecule has 0 atom stereocenters. The molecule has 0 aliphatic carbocycles. The minimum absolute atomic E-state index is 0.119. The molecule has 4 rings (SSSR count). The lowest BCUT2D eigenvalue weighted by Crippen LogP contribution is -2.20. The third-order valence-electron chi connectivity index (χ3n) is 5.15. The van der Waals surface area contributed by atoms with E-state index in [0.717, 1.165) is 16.3 Å². The Balaban J connectivity index is 1.68. The molecule has 1 amide bonds. The Hall–Kier alpha value is -3.74. The summed E-state index contributed by atoms with van der Waals surface area (Å²) in [5.41, 5.74) is 3.07. The molecule has 7 nitrogen and oxygen atoms in total. The molecular formula is C23H21NO6. The number of benzene rings is 2. The SMILES string of the molecule is COc1cc(NC(=O)Cc2c(C)c3cc4c(C)coc4cc3oc2=O)cc(OC)c1. The second kappa shape index (κ2) is 7.59. The first-order valence-corrected chi connectivity index (χ1v) is 9.36. The Morgan fingerprint density at radius 3 is 2.33 bits per heavy atom. The maximum atomic E-state index is 12.7. The second-order valence-electron chi connectivity index (χ2n) is 7.08. The summed E-state index contributed by atoms with van der Waals surface area (Å²) in [5, 5.41) is 4.50. The number of amides is 1. The van der Waals surface area contributed by atoms with E-state index in [9.17, 15) is 9.59 Å². The fourth-order valence-electron chi connectivity index (χ4n) is 3.49. The number of methoxy groups -OCH3 is 2. The first kappa shape index (κ1) is 19.6. The van der Waals surface area contributed by atoms with Crippen molar-refractivity contribution < 1.29 is 23.1 Å². The van der Waals surface area contributed by atoms with Crippen molar-refractivity contribution in [2.75, 3.05) is 19.5 Å². The fraction of sp³-hybridized carbons (Fsp3) is 0.217. The van der Waals surface area contributed by atoms with E-state index in [0.29, 0.717) is 39.5 Å². The van der Waals surface area contributed by atoms with E-state index in [1.54, 1.807) is 30.5 Å². The van der Waals surface area contributed by atoms with Crippen LogP contribution in [0.5, 0.6) is 11.5 Å². The third kappa shape index (κ3) is 3.50. The van der Waals surface area contributed by atoms with E-state index in [2.05, 4.69) is 5.32 Å². The largest absolute Gasteiger partial charge is 0.497 e. The van der Waals surface area contributed by atoms with Crippen LogP contribution < -0.4 is 20.4 Å². The maximum Gasteiger partial charge on any atom is 0.340 e. The predicted octanol–water partition coefficient (Wildman–Crippen LogP) is 4.35. The minimum atomic E-state index is -0.541. The molecule has 2 heterocycles. The van der Waals surface area contributed by atoms with Crippen LogP contribution in [-0.4, -0.2) is 20.1 Å². The molecule has 7 heteroatoms. The molecule has 0 saturated heterocycles. The van der Waals surface area contributed by atoms with Crippen LogP contribution in [0.4, 0.5) is 5.69 Å². The molecule has 0 spiro atoms. The number of carbonyl (C=O) groups is 1. The Bertz CT molecular complexity index is 1310. The highest BCUT2D eigenvalue weighted by Gasteiger charge is 2.17. The number of hydrogen-bond donors (Lipinski definition) is 1. The second-order valence-corrected chi connectivity index (χ2v) is 7.08. The smallest absolute Gasteiger partial charge is 0.340 e. The standard InChI is InChI=1S/C23H21NO6/c1-12-11-29-20-10-21-18(8-17(12)20)13(2)19(23(26)30-21)9-22(25)24-14-5-15(27-3)7-16(6-14)28-4/h5-8,10-11H,9H2,1-4H3,(H,24,25). The Labute approximate surface area is 172 Å². The monoisotopic (exact) mass is 407 g/mol. The molecule has 2 aromatic heterocycles. The summed E-state index contributed by atoms with van der Waals surface area (Å²) >= 11 is 0. The van der Waals surface area contributed by atoms with Crippen molar-refractivity contribution >= 4 is 33.5 Å². The van der Waals surface area contributed by atoms with Crippen molar-refractivity contribution in [3.63, 3.8) is 0 Å². The topological polar surface area (TPSA) is 90.9 Å². The Morgan fingerprint density at radius 2 is 1.67 bits per heavy atom. The Kier molecular flexibility index (Phi) is 4.95. The number of ether oxygens (including phenoxy) is 2. The summed E-state index contributed by atoms with van der Waals surface area (Å²) in [7, 11) is 3.06. The van der Waals surface area contributed by atoms with Crippen molar-refractivity contribution in [2.24, 2.45) is 0 Å². The molecule has 0 aliphatic rings. The van der Waals surface area contributed by atoms with Crippen LogP contribution in [0.25, 0.3) is 21.9 Å². The van der Waals surface area contributed by atoms with E-state index in [1.807, 2.05) is 19.9 Å². The summed E-state index contributed by atoms with van der Waals surface area (Å²) in [5.74, 6) is 0.747. The van der Waals surface area contributed by atoms with Gasteiger partial charge in [-0.2, -0.15) is 0 Å². The van der Waals surface area contributed by atoms with Crippen LogP contribution in [0.2, 0.25) is 0 Å². The van der Waals surface area contributed by atoms with Gasteiger partial charge >= 0.3 is 5.63 Å². The van der Waals surface area contributed by atoms with Gasteiger partial charge in [-0.05, 0) is 31.0 Å². The third-order valence-corrected chi connectivity index (χ3v) is 5.15. The number of furan rings is 1. The fourth-order valence-corrected chi connectivity index (χ4v) is 3.49. The van der Waals surface area contributed by atoms with Gasteiger partial charge in [-0.3, -0.25) is 4.79 Å². The highest BCUT2D eigenvalue weighted by Crippen LogP contribution is 2.29. The van der Waals surface area contributed by atoms with Gasteiger partial charge in [0.15, 0.2) is 0 Å². The summed E-state index contributed by atoms with van der Waals surface area (Å²) in [6, 6.07) is 8.69. The van der Waals surface area contributed by atoms with Crippen molar-refractivity contribution in [1.29, 1.82) is 0 Å². The number of fused-ring (bicyclic) bond motifs is 2. The van der Waals surface area contributed by atoms with Gasteiger partial charge in [0, 0.05) is 40.7 Å². The normalized spacial score (nSPS) is 11.1. The van der Waals surface area contributed by atoms with Gasteiger partial charge in [0.2, 0.25) is 5.91 Å². The molecule has 0 radical (unpaired) electrons. The van der Waals surface area contributed by atoms with Gasteiger partial charge in [-0.1, -0.05) is 0 Å². The first-order valence-electron chi connectivity index (χ1n) is 9.36. The van der Waals surface area contributed by atoms with Crippen LogP contribution in [-0.2, 0) is 11.2 Å². The van der Waals surface area contributed by atoms with Crippen LogP contribution in [0.15, 0.2) is 50.2 Å². The Morgan fingerprint density at radius 1 is 0.967 bits per heavy atom. The zero-order chi connectivity index (χ0) is 21.4. The minimum Gasteiger partial charge on any atom is -0.497 e. The number of aryl methyl sites for hydroxylation is 2. The highest BCUT2D eigenvalue weighted by atomic mass is 16.5. The molecule has 1 N–H and O–H groups in total. The first-order chi connectivity index (χ1) is 14.4. The summed E-state index contributed by atoms with van der Waals surface area (Å²) in [6.45, 7) is 3.76. The number of nitrogens with one attached hydrogen (secondary N) is 1. The van der Waals surface area contributed by atoms with E-state index in [4.69, 9.17) is 18.3 Å². The van der Waals surface area contributed by atoms with Crippen LogP contribution in [0, 0.1) is 13.8 Å².